The lowest BCUT2D eigenvalue weighted by molar-refractivity contribution is -0.208. The summed E-state index contributed by atoms with van der Waals surface area (Å²) in [5.74, 6) is 0. The van der Waals surface area contributed by atoms with E-state index in [4.69, 9.17) is 33.2 Å². The van der Waals surface area contributed by atoms with Crippen LogP contribution < -0.4 is 0 Å². The highest BCUT2D eigenvalue weighted by atomic mass is 16.8. The van der Waals surface area contributed by atoms with Crippen molar-refractivity contribution in [2.24, 2.45) is 0 Å². The molecule has 0 aromatic rings. The van der Waals surface area contributed by atoms with Crippen molar-refractivity contribution in [3.05, 3.63) is 24.3 Å². The van der Waals surface area contributed by atoms with Gasteiger partial charge in [-0.25, -0.2) is 0 Å². The Morgan fingerprint density at radius 3 is 1.24 bits per heavy atom. The molecule has 7 nitrogen and oxygen atoms in total. The summed E-state index contributed by atoms with van der Waals surface area (Å²) in [7, 11) is 6.62. The van der Waals surface area contributed by atoms with Gasteiger partial charge in [-0.2, -0.15) is 0 Å². The third-order valence-electron chi connectivity index (χ3n) is 6.10. The fourth-order valence-electron chi connectivity index (χ4n) is 3.77. The zero-order chi connectivity index (χ0) is 27.4. The predicted molar refractivity (Wildman–Crippen MR) is 150 cm³/mol. The van der Waals surface area contributed by atoms with E-state index in [-0.39, 0.29) is 12.6 Å². The molecule has 0 bridgehead atoms. The highest BCUT2D eigenvalue weighted by Crippen LogP contribution is 2.13. The average molecular weight is 531 g/mol. The smallest absolute Gasteiger partial charge is 0.180 e. The van der Waals surface area contributed by atoms with Gasteiger partial charge in [0.05, 0.1) is 13.2 Å². The highest BCUT2D eigenvalue weighted by molar-refractivity contribution is 4.90. The van der Waals surface area contributed by atoms with E-state index in [1.165, 1.54) is 51.4 Å². The van der Waals surface area contributed by atoms with Gasteiger partial charge in [0, 0.05) is 41.3 Å². The molecule has 0 aromatic carbocycles. The van der Waals surface area contributed by atoms with E-state index in [1.54, 1.807) is 28.4 Å². The van der Waals surface area contributed by atoms with Crippen LogP contribution in [0.4, 0.5) is 0 Å². The summed E-state index contributed by atoms with van der Waals surface area (Å²) in [4.78, 5) is 0. The van der Waals surface area contributed by atoms with Gasteiger partial charge in [-0.15, -0.1) is 0 Å². The molecule has 0 spiro atoms. The lowest BCUT2D eigenvalue weighted by Crippen LogP contribution is -2.25. The molecule has 0 aromatic heterocycles. The maximum absolute atomic E-state index is 6.28. The second kappa shape index (κ2) is 28.2. The molecule has 0 aliphatic rings. The minimum absolute atomic E-state index is 0.210. The van der Waals surface area contributed by atoms with Crippen LogP contribution in [-0.2, 0) is 33.2 Å². The maximum atomic E-state index is 6.28. The summed E-state index contributed by atoms with van der Waals surface area (Å²) in [5.41, 5.74) is 0. The zero-order valence-electron chi connectivity index (χ0n) is 24.8. The van der Waals surface area contributed by atoms with Crippen molar-refractivity contribution < 1.29 is 33.2 Å². The molecule has 0 saturated heterocycles. The largest absolute Gasteiger partial charge is 0.356 e. The molecular formula is C30H58O7. The fourth-order valence-corrected chi connectivity index (χ4v) is 3.77. The Balaban J connectivity index is 5.03. The number of ether oxygens (including phenoxy) is 7. The van der Waals surface area contributed by atoms with Crippen molar-refractivity contribution in [1.29, 1.82) is 0 Å². The molecule has 0 N–H and O–H groups in total. The normalized spacial score (nSPS) is 14.1. The SMILES string of the molecule is CCCCCCCOC(C=CCCC(OC)OC)OC(C=CCCC(OC)OC)OCCCCCCC. The molecule has 2 unspecified atom stereocenters. The standard InChI is InChI=1S/C30H58O7/c1-7-9-11-13-19-25-35-29(23-17-15-21-27(31-3)32-4)37-30(36-26-20-14-12-10-8-2)24-18-16-22-28(33-5)34-6/h17-18,23-24,27-30H,7-16,19-22,25-26H2,1-6H3. The van der Waals surface area contributed by atoms with E-state index in [0.29, 0.717) is 13.2 Å². The number of unbranched alkanes of at least 4 members (excludes halogenated alkanes) is 8. The molecular weight excluding hydrogens is 472 g/mol. The van der Waals surface area contributed by atoms with E-state index in [1.807, 2.05) is 12.2 Å². The molecule has 2 atom stereocenters. The Bertz CT molecular complexity index is 460. The topological polar surface area (TPSA) is 64.6 Å². The van der Waals surface area contributed by atoms with Crippen molar-refractivity contribution in [3.63, 3.8) is 0 Å². The second-order valence-corrected chi connectivity index (χ2v) is 9.26. The number of hydrogen-bond acceptors (Lipinski definition) is 7. The van der Waals surface area contributed by atoms with E-state index in [2.05, 4.69) is 26.0 Å². The number of allylic oxidation sites excluding steroid dienone is 2. The third-order valence-corrected chi connectivity index (χ3v) is 6.10. The highest BCUT2D eigenvalue weighted by Gasteiger charge is 2.14. The van der Waals surface area contributed by atoms with Crippen LogP contribution in [0.1, 0.15) is 104 Å². The van der Waals surface area contributed by atoms with Crippen LogP contribution in [0.15, 0.2) is 24.3 Å². The summed E-state index contributed by atoms with van der Waals surface area (Å²) < 4.78 is 39.7. The van der Waals surface area contributed by atoms with E-state index in [9.17, 15) is 0 Å². The zero-order valence-corrected chi connectivity index (χ0v) is 24.8. The Hall–Kier alpha value is -0.800. The number of rotatable bonds is 28. The molecule has 7 heteroatoms. The molecule has 0 rings (SSSR count). The van der Waals surface area contributed by atoms with Crippen LogP contribution >= 0.6 is 0 Å². The van der Waals surface area contributed by atoms with E-state index < -0.39 is 12.6 Å². The average Bonchev–Trinajstić information content (AvgIpc) is 2.92. The molecule has 0 amide bonds. The summed E-state index contributed by atoms with van der Waals surface area (Å²) in [6.45, 7) is 5.78. The molecule has 220 valence electrons. The van der Waals surface area contributed by atoms with Crippen LogP contribution in [0.25, 0.3) is 0 Å². The number of methoxy groups -OCH3 is 4. The Morgan fingerprint density at radius 1 is 0.514 bits per heavy atom. The Morgan fingerprint density at radius 2 is 0.892 bits per heavy atom. The first-order chi connectivity index (χ1) is 18.1. The van der Waals surface area contributed by atoms with Crippen molar-refractivity contribution in [2.45, 2.75) is 129 Å². The van der Waals surface area contributed by atoms with Crippen LogP contribution in [-0.4, -0.2) is 66.8 Å². The van der Waals surface area contributed by atoms with Crippen LogP contribution in [0.3, 0.4) is 0 Å². The molecule has 0 radical (unpaired) electrons. The van der Waals surface area contributed by atoms with Crippen molar-refractivity contribution in [3.8, 4) is 0 Å². The van der Waals surface area contributed by atoms with Crippen LogP contribution in [0, 0.1) is 0 Å². The first kappa shape index (κ1) is 36.2. The second-order valence-electron chi connectivity index (χ2n) is 9.26. The van der Waals surface area contributed by atoms with Gasteiger partial charge in [-0.05, 0) is 37.8 Å². The summed E-state index contributed by atoms with van der Waals surface area (Å²) >= 11 is 0. The van der Waals surface area contributed by atoms with Gasteiger partial charge < -0.3 is 33.2 Å². The number of hydrogen-bond donors (Lipinski definition) is 0. The Labute approximate surface area is 228 Å². The third kappa shape index (κ3) is 22.9. The minimum Gasteiger partial charge on any atom is -0.356 e. The summed E-state index contributed by atoms with van der Waals surface area (Å²) in [6.07, 6.45) is 21.8. The lowest BCUT2D eigenvalue weighted by Gasteiger charge is -2.22. The quantitative estimate of drug-likeness (QED) is 0.0588. The van der Waals surface area contributed by atoms with Gasteiger partial charge in [0.1, 0.15) is 0 Å². The Kier molecular flexibility index (Phi) is 27.6. The first-order valence-electron chi connectivity index (χ1n) is 14.5. The predicted octanol–water partition coefficient (Wildman–Crippen LogP) is 7.54. The molecule has 0 aliphatic heterocycles. The summed E-state index contributed by atoms with van der Waals surface area (Å²) in [5, 5.41) is 0. The molecule has 0 aliphatic carbocycles. The molecule has 37 heavy (non-hydrogen) atoms. The molecule has 0 fully saturated rings. The van der Waals surface area contributed by atoms with E-state index >= 15 is 0 Å². The monoisotopic (exact) mass is 530 g/mol. The van der Waals surface area contributed by atoms with Crippen molar-refractivity contribution in [2.75, 3.05) is 41.7 Å². The van der Waals surface area contributed by atoms with Gasteiger partial charge in [-0.1, -0.05) is 77.4 Å². The lowest BCUT2D eigenvalue weighted by atomic mass is 10.2. The van der Waals surface area contributed by atoms with Crippen LogP contribution in [0.5, 0.6) is 0 Å². The van der Waals surface area contributed by atoms with Crippen molar-refractivity contribution >= 4 is 0 Å². The van der Waals surface area contributed by atoms with Gasteiger partial charge in [0.2, 0.25) is 0 Å². The fraction of sp³-hybridized carbons (Fsp3) is 0.867. The van der Waals surface area contributed by atoms with Gasteiger partial charge in [0.25, 0.3) is 0 Å². The molecule has 0 heterocycles. The van der Waals surface area contributed by atoms with Gasteiger partial charge >= 0.3 is 0 Å². The van der Waals surface area contributed by atoms with Crippen molar-refractivity contribution in [1.82, 2.24) is 0 Å². The van der Waals surface area contributed by atoms with Gasteiger partial charge in [0.15, 0.2) is 25.2 Å². The first-order valence-corrected chi connectivity index (χ1v) is 14.5. The maximum Gasteiger partial charge on any atom is 0.180 e. The van der Waals surface area contributed by atoms with E-state index in [0.717, 1.165) is 38.5 Å². The van der Waals surface area contributed by atoms with Crippen LogP contribution in [0.2, 0.25) is 0 Å². The summed E-state index contributed by atoms with van der Waals surface area (Å²) in [6, 6.07) is 0. The molecule has 0 saturated carbocycles. The minimum atomic E-state index is -0.477. The van der Waals surface area contributed by atoms with Gasteiger partial charge in [-0.3, -0.25) is 0 Å².